The van der Waals surface area contributed by atoms with Crippen molar-refractivity contribution in [2.45, 2.75) is 39.0 Å². The molecule has 0 bridgehead atoms. The minimum Gasteiger partial charge on any atom is -0.397 e. The molecule has 0 aliphatic carbocycles. The van der Waals surface area contributed by atoms with Crippen molar-refractivity contribution in [1.29, 1.82) is 0 Å². The second-order valence-corrected chi connectivity index (χ2v) is 6.41. The van der Waals surface area contributed by atoms with Crippen LogP contribution in [0.5, 0.6) is 0 Å². The lowest BCUT2D eigenvalue weighted by molar-refractivity contribution is 0.383. The maximum absolute atomic E-state index is 13.9. The van der Waals surface area contributed by atoms with Crippen LogP contribution in [0.3, 0.4) is 0 Å². The number of hydrogen-bond donors (Lipinski definition) is 2. The van der Waals surface area contributed by atoms with Gasteiger partial charge in [-0.25, -0.2) is 4.39 Å². The fourth-order valence-electron chi connectivity index (χ4n) is 3.12. The van der Waals surface area contributed by atoms with Crippen molar-refractivity contribution in [3.05, 3.63) is 23.5 Å². The van der Waals surface area contributed by atoms with Crippen molar-refractivity contribution in [2.75, 3.05) is 30.3 Å². The number of piperidine rings is 1. The third-order valence-corrected chi connectivity index (χ3v) is 4.53. The van der Waals surface area contributed by atoms with Crippen LogP contribution in [0.2, 0.25) is 0 Å². The number of anilines is 2. The average molecular weight is 291 g/mol. The molecule has 1 aliphatic rings. The Morgan fingerprint density at radius 1 is 1.38 bits per heavy atom. The molecule has 116 valence electrons. The molecule has 1 heterocycles. The van der Waals surface area contributed by atoms with Gasteiger partial charge >= 0.3 is 0 Å². The van der Waals surface area contributed by atoms with Crippen molar-refractivity contribution in [2.24, 2.45) is 5.92 Å². The van der Waals surface area contributed by atoms with Crippen molar-refractivity contribution < 1.29 is 4.39 Å². The first-order chi connectivity index (χ1) is 10.0. The highest BCUT2D eigenvalue weighted by Gasteiger charge is 2.22. The Balaban J connectivity index is 2.08. The van der Waals surface area contributed by atoms with Crippen LogP contribution < -0.4 is 15.9 Å². The van der Waals surface area contributed by atoms with Gasteiger partial charge in [0.1, 0.15) is 5.82 Å². The summed E-state index contributed by atoms with van der Waals surface area (Å²) < 4.78 is 13.9. The van der Waals surface area contributed by atoms with Gasteiger partial charge in [0, 0.05) is 13.1 Å². The Kier molecular flexibility index (Phi) is 5.51. The zero-order valence-corrected chi connectivity index (χ0v) is 13.5. The Morgan fingerprint density at radius 2 is 2.05 bits per heavy atom. The number of nitrogens with two attached hydrogens (primary N) is 1. The van der Waals surface area contributed by atoms with Crippen LogP contribution in [0.1, 0.15) is 44.6 Å². The van der Waals surface area contributed by atoms with Gasteiger partial charge in [-0.05, 0) is 55.3 Å². The lowest BCUT2D eigenvalue weighted by Gasteiger charge is -2.34. The van der Waals surface area contributed by atoms with E-state index in [1.54, 1.807) is 0 Å². The summed E-state index contributed by atoms with van der Waals surface area (Å²) in [5, 5.41) is 3.22. The fraction of sp³-hybridized carbons (Fsp3) is 0.625. The summed E-state index contributed by atoms with van der Waals surface area (Å²) in [5.41, 5.74) is 8.37. The summed E-state index contributed by atoms with van der Waals surface area (Å²) in [7, 11) is 2.00. The zero-order valence-electron chi connectivity index (χ0n) is 13.5. The molecule has 5 heteroatoms. The summed E-state index contributed by atoms with van der Waals surface area (Å²) >= 11 is 0. The first kappa shape index (κ1) is 16.2. The molecule has 1 fully saturated rings. The van der Waals surface area contributed by atoms with Gasteiger partial charge in [-0.2, -0.15) is 0 Å². The smallest absolute Gasteiger partial charge is 0.181 e. The molecule has 2 rings (SSSR count). The second kappa shape index (κ2) is 7.16. The summed E-state index contributed by atoms with van der Waals surface area (Å²) in [6, 6.07) is 3.43. The number of nitrogens with one attached hydrogen (secondary N) is 1. The van der Waals surface area contributed by atoms with E-state index in [9.17, 15) is 4.39 Å². The lowest BCUT2D eigenvalue weighted by Crippen LogP contribution is -2.35. The van der Waals surface area contributed by atoms with Gasteiger partial charge in [-0.15, -0.1) is 0 Å². The van der Waals surface area contributed by atoms with E-state index in [1.165, 1.54) is 25.3 Å². The maximum atomic E-state index is 13.9. The van der Waals surface area contributed by atoms with Crippen LogP contribution in [0.4, 0.5) is 15.8 Å². The second-order valence-electron chi connectivity index (χ2n) is 6.41. The van der Waals surface area contributed by atoms with Gasteiger partial charge in [-0.1, -0.05) is 13.8 Å². The Bertz CT molecular complexity index is 471. The van der Waals surface area contributed by atoms with E-state index >= 15 is 0 Å². The molecule has 21 heavy (non-hydrogen) atoms. The molecule has 0 amide bonds. The molecule has 0 unspecified atom stereocenters. The van der Waals surface area contributed by atoms with Crippen LogP contribution in [-0.2, 0) is 0 Å². The molecule has 3 N–H and O–H groups in total. The quantitative estimate of drug-likeness (QED) is 0.646. The van der Waals surface area contributed by atoms with E-state index in [1.807, 2.05) is 27.9 Å². The van der Waals surface area contributed by atoms with Crippen molar-refractivity contribution >= 4 is 19.4 Å². The number of hydrogen-bond acceptors (Lipinski definition) is 3. The predicted octanol–water partition coefficient (Wildman–Crippen LogP) is 2.28. The third-order valence-electron chi connectivity index (χ3n) is 4.53. The SMILES string of the molecule is BNCCC1CCN(c2cc(C(C)C)c(F)cc2N)CC1. The number of nitrogen functional groups attached to an aromatic ring is 1. The highest BCUT2D eigenvalue weighted by atomic mass is 19.1. The number of rotatable bonds is 5. The van der Waals surface area contributed by atoms with E-state index in [0.717, 1.165) is 36.8 Å². The molecule has 0 radical (unpaired) electrons. The minimum absolute atomic E-state index is 0.178. The lowest BCUT2D eigenvalue weighted by atomic mass is 9.92. The summed E-state index contributed by atoms with van der Waals surface area (Å²) in [6.45, 7) is 7.15. The van der Waals surface area contributed by atoms with Crippen molar-refractivity contribution in [3.8, 4) is 0 Å². The van der Waals surface area contributed by atoms with Crippen LogP contribution in [0.15, 0.2) is 12.1 Å². The third kappa shape index (κ3) is 3.91. The zero-order chi connectivity index (χ0) is 15.4. The van der Waals surface area contributed by atoms with Crippen LogP contribution in [0, 0.1) is 11.7 Å². The molecule has 1 aromatic rings. The predicted molar refractivity (Wildman–Crippen MR) is 91.0 cm³/mol. The maximum Gasteiger partial charge on any atom is 0.181 e. The molecular formula is C16H27BFN3. The highest BCUT2D eigenvalue weighted by molar-refractivity contribution is 6.04. The molecule has 3 nitrogen and oxygen atoms in total. The molecule has 0 aromatic heterocycles. The molecule has 1 aromatic carbocycles. The van der Waals surface area contributed by atoms with E-state index in [2.05, 4.69) is 10.1 Å². The number of nitrogens with zero attached hydrogens (tertiary/aromatic N) is 1. The van der Waals surface area contributed by atoms with E-state index in [0.29, 0.717) is 5.69 Å². The molecule has 1 saturated heterocycles. The Hall–Kier alpha value is -1.23. The molecular weight excluding hydrogens is 264 g/mol. The summed E-state index contributed by atoms with van der Waals surface area (Å²) in [5.74, 6) is 0.785. The van der Waals surface area contributed by atoms with Crippen LogP contribution >= 0.6 is 0 Å². The fourth-order valence-corrected chi connectivity index (χ4v) is 3.12. The van der Waals surface area contributed by atoms with Crippen LogP contribution in [-0.4, -0.2) is 27.6 Å². The van der Waals surface area contributed by atoms with Gasteiger partial charge in [0.25, 0.3) is 0 Å². The Labute approximate surface area is 128 Å². The Morgan fingerprint density at radius 3 is 2.62 bits per heavy atom. The average Bonchev–Trinajstić information content (AvgIpc) is 2.45. The van der Waals surface area contributed by atoms with E-state index in [-0.39, 0.29) is 11.7 Å². The summed E-state index contributed by atoms with van der Waals surface area (Å²) in [4.78, 5) is 2.32. The van der Waals surface area contributed by atoms with E-state index in [4.69, 9.17) is 5.73 Å². The molecule has 1 aliphatic heterocycles. The van der Waals surface area contributed by atoms with Crippen molar-refractivity contribution in [3.63, 3.8) is 0 Å². The molecule has 0 atom stereocenters. The monoisotopic (exact) mass is 291 g/mol. The number of halogens is 1. The molecule has 0 spiro atoms. The highest BCUT2D eigenvalue weighted by Crippen LogP contribution is 2.33. The van der Waals surface area contributed by atoms with Gasteiger partial charge in [-0.3, -0.25) is 0 Å². The van der Waals surface area contributed by atoms with Gasteiger partial charge < -0.3 is 15.9 Å². The molecule has 0 saturated carbocycles. The first-order valence-electron chi connectivity index (χ1n) is 8.01. The normalized spacial score (nSPS) is 16.7. The largest absolute Gasteiger partial charge is 0.397 e. The summed E-state index contributed by atoms with van der Waals surface area (Å²) in [6.07, 6.45) is 3.62. The van der Waals surface area contributed by atoms with Gasteiger partial charge in [0.2, 0.25) is 0 Å². The standard InChI is InChI=1S/C16H27BFN3/c1-11(2)13-9-16(15(19)10-14(13)18)21-7-4-12(5-8-21)3-6-20-17/h9-12,20H,3-8,17,19H2,1-2H3. The number of benzene rings is 1. The van der Waals surface area contributed by atoms with Gasteiger partial charge in [0.05, 0.1) is 11.4 Å². The first-order valence-corrected chi connectivity index (χ1v) is 8.01. The minimum atomic E-state index is -0.185. The van der Waals surface area contributed by atoms with E-state index < -0.39 is 0 Å². The van der Waals surface area contributed by atoms with Crippen molar-refractivity contribution in [1.82, 2.24) is 5.23 Å². The van der Waals surface area contributed by atoms with Crippen LogP contribution in [0.25, 0.3) is 0 Å². The topological polar surface area (TPSA) is 41.3 Å². The van der Waals surface area contributed by atoms with Gasteiger partial charge in [0.15, 0.2) is 7.98 Å².